The van der Waals surface area contributed by atoms with Crippen molar-refractivity contribution in [1.82, 2.24) is 5.32 Å². The Labute approximate surface area is 164 Å². The largest absolute Gasteiger partial charge is 0.368 e. The molecule has 0 aromatic heterocycles. The maximum atomic E-state index is 12.9. The molecule has 2 rings (SSSR count). The molecule has 2 amide bonds. The average Bonchev–Trinajstić information content (AvgIpc) is 2.67. The summed E-state index contributed by atoms with van der Waals surface area (Å²) in [6, 6.07) is 11.5. The Morgan fingerprint density at radius 1 is 1.21 bits per heavy atom. The Morgan fingerprint density at radius 3 is 2.43 bits per heavy atom. The van der Waals surface area contributed by atoms with Gasteiger partial charge in [-0.25, -0.2) is 8.42 Å². The minimum absolute atomic E-state index is 0.0594. The van der Waals surface area contributed by atoms with Crippen LogP contribution in [0.4, 0.5) is 5.69 Å². The van der Waals surface area contributed by atoms with Crippen molar-refractivity contribution < 1.29 is 18.0 Å². The lowest BCUT2D eigenvalue weighted by atomic mass is 10.1. The highest BCUT2D eigenvalue weighted by atomic mass is 32.2. The van der Waals surface area contributed by atoms with E-state index in [1.165, 1.54) is 31.3 Å². The summed E-state index contributed by atoms with van der Waals surface area (Å²) in [5.41, 5.74) is 6.78. The molecule has 0 aliphatic carbocycles. The molecule has 0 spiro atoms. The molecule has 8 heteroatoms. The minimum atomic E-state index is -3.89. The lowest BCUT2D eigenvalue weighted by Gasteiger charge is -2.20. The third kappa shape index (κ3) is 4.69. The van der Waals surface area contributed by atoms with E-state index >= 15 is 0 Å². The Kier molecular flexibility index (Phi) is 6.44. The van der Waals surface area contributed by atoms with Gasteiger partial charge in [-0.2, -0.15) is 0 Å². The molecular formula is C20H21N3O4S. The first-order valence-electron chi connectivity index (χ1n) is 8.36. The summed E-state index contributed by atoms with van der Waals surface area (Å²) in [5, 5.41) is 2.42. The third-order valence-corrected chi connectivity index (χ3v) is 5.90. The lowest BCUT2D eigenvalue weighted by Crippen LogP contribution is -2.44. The number of terminal acetylenes is 1. The number of carbonyl (C=O) groups excluding carboxylic acids is 2. The SMILES string of the molecule is C#CC[C@H](NC(=O)c1cccc(S(=O)(=O)N(C)c2ccc(C)cc2)c1)C(N)=O. The molecule has 7 nitrogen and oxygen atoms in total. The standard InChI is InChI=1S/C20H21N3O4S/c1-4-6-18(19(21)24)22-20(25)15-7-5-8-17(13-15)28(26,27)23(3)16-11-9-14(2)10-12-16/h1,5,7-13,18H,6H2,2-3H3,(H2,21,24)(H,22,25)/t18-/m0/s1. The zero-order valence-corrected chi connectivity index (χ0v) is 16.4. The Hall–Kier alpha value is -3.31. The summed E-state index contributed by atoms with van der Waals surface area (Å²) in [6.07, 6.45) is 5.11. The first-order chi connectivity index (χ1) is 13.2. The van der Waals surface area contributed by atoms with E-state index in [1.54, 1.807) is 24.3 Å². The van der Waals surface area contributed by atoms with Crippen molar-refractivity contribution in [2.75, 3.05) is 11.4 Å². The molecule has 28 heavy (non-hydrogen) atoms. The van der Waals surface area contributed by atoms with E-state index in [0.29, 0.717) is 5.69 Å². The number of anilines is 1. The number of nitrogens with zero attached hydrogens (tertiary/aromatic N) is 1. The van der Waals surface area contributed by atoms with Crippen LogP contribution in [0.3, 0.4) is 0 Å². The summed E-state index contributed by atoms with van der Waals surface area (Å²) in [5.74, 6) is 0.847. The molecule has 0 unspecified atom stereocenters. The summed E-state index contributed by atoms with van der Waals surface area (Å²) in [7, 11) is -2.45. The summed E-state index contributed by atoms with van der Waals surface area (Å²) in [4.78, 5) is 23.7. The van der Waals surface area contributed by atoms with E-state index < -0.39 is 27.9 Å². The molecule has 2 aromatic rings. The molecular weight excluding hydrogens is 378 g/mol. The van der Waals surface area contributed by atoms with Crippen molar-refractivity contribution in [1.29, 1.82) is 0 Å². The fourth-order valence-corrected chi connectivity index (χ4v) is 3.67. The predicted octanol–water partition coefficient (Wildman–Crippen LogP) is 1.43. The number of nitrogens with two attached hydrogens (primary N) is 1. The van der Waals surface area contributed by atoms with Gasteiger partial charge in [-0.1, -0.05) is 23.8 Å². The molecule has 0 heterocycles. The predicted molar refractivity (Wildman–Crippen MR) is 107 cm³/mol. The van der Waals surface area contributed by atoms with Crippen LogP contribution in [-0.2, 0) is 14.8 Å². The van der Waals surface area contributed by atoms with Crippen LogP contribution < -0.4 is 15.4 Å². The molecule has 0 bridgehead atoms. The first kappa shape index (κ1) is 21.0. The Balaban J connectivity index is 2.30. The van der Waals surface area contributed by atoms with Crippen LogP contribution >= 0.6 is 0 Å². The number of primary amides is 1. The number of sulfonamides is 1. The second-order valence-electron chi connectivity index (χ2n) is 6.17. The van der Waals surface area contributed by atoms with Gasteiger partial charge in [0.2, 0.25) is 5.91 Å². The number of hydrogen-bond donors (Lipinski definition) is 2. The fraction of sp³-hybridized carbons (Fsp3) is 0.200. The monoisotopic (exact) mass is 399 g/mol. The quantitative estimate of drug-likeness (QED) is 0.686. The maximum Gasteiger partial charge on any atom is 0.264 e. The molecule has 0 fully saturated rings. The van der Waals surface area contributed by atoms with Crippen LogP contribution in [0.1, 0.15) is 22.3 Å². The summed E-state index contributed by atoms with van der Waals surface area (Å²) >= 11 is 0. The molecule has 0 aliphatic heterocycles. The molecule has 1 atom stereocenters. The molecule has 0 saturated carbocycles. The zero-order chi connectivity index (χ0) is 20.9. The van der Waals surface area contributed by atoms with Crippen LogP contribution in [0.25, 0.3) is 0 Å². The van der Waals surface area contributed by atoms with Crippen LogP contribution in [0, 0.1) is 19.3 Å². The number of aryl methyl sites for hydroxylation is 1. The number of nitrogens with one attached hydrogen (secondary N) is 1. The highest BCUT2D eigenvalue weighted by Gasteiger charge is 2.23. The van der Waals surface area contributed by atoms with Gasteiger partial charge in [0, 0.05) is 19.0 Å². The van der Waals surface area contributed by atoms with Gasteiger partial charge >= 0.3 is 0 Å². The van der Waals surface area contributed by atoms with E-state index in [4.69, 9.17) is 12.2 Å². The second kappa shape index (κ2) is 8.59. The molecule has 0 radical (unpaired) electrons. The van der Waals surface area contributed by atoms with Crippen molar-refractivity contribution in [3.8, 4) is 12.3 Å². The number of amides is 2. The van der Waals surface area contributed by atoms with Gasteiger partial charge in [0.15, 0.2) is 0 Å². The van der Waals surface area contributed by atoms with E-state index in [2.05, 4.69) is 11.2 Å². The van der Waals surface area contributed by atoms with Crippen LogP contribution in [0.2, 0.25) is 0 Å². The van der Waals surface area contributed by atoms with Gasteiger partial charge < -0.3 is 11.1 Å². The molecule has 2 aromatic carbocycles. The number of hydrogen-bond acceptors (Lipinski definition) is 4. The molecule has 0 aliphatic rings. The molecule has 3 N–H and O–H groups in total. The third-order valence-electron chi connectivity index (χ3n) is 4.12. The highest BCUT2D eigenvalue weighted by molar-refractivity contribution is 7.92. The average molecular weight is 399 g/mol. The van der Waals surface area contributed by atoms with Crippen molar-refractivity contribution in [3.05, 3.63) is 59.7 Å². The minimum Gasteiger partial charge on any atom is -0.368 e. The van der Waals surface area contributed by atoms with Crippen molar-refractivity contribution in [2.45, 2.75) is 24.3 Å². The summed E-state index contributed by atoms with van der Waals surface area (Å²) < 4.78 is 27.0. The molecule has 146 valence electrons. The van der Waals surface area contributed by atoms with Gasteiger partial charge in [0.1, 0.15) is 6.04 Å². The first-order valence-corrected chi connectivity index (χ1v) is 9.80. The van der Waals surface area contributed by atoms with E-state index in [1.807, 2.05) is 6.92 Å². The fourth-order valence-electron chi connectivity index (χ4n) is 2.43. The lowest BCUT2D eigenvalue weighted by molar-refractivity contribution is -0.119. The van der Waals surface area contributed by atoms with Crippen LogP contribution in [0.15, 0.2) is 53.4 Å². The van der Waals surface area contributed by atoms with Gasteiger partial charge in [0.05, 0.1) is 10.6 Å². The Bertz CT molecular complexity index is 1020. The topological polar surface area (TPSA) is 110 Å². The smallest absolute Gasteiger partial charge is 0.264 e. The number of carbonyl (C=O) groups is 2. The van der Waals surface area contributed by atoms with Crippen molar-refractivity contribution in [3.63, 3.8) is 0 Å². The second-order valence-corrected chi connectivity index (χ2v) is 8.14. The van der Waals surface area contributed by atoms with E-state index in [-0.39, 0.29) is 16.9 Å². The highest BCUT2D eigenvalue weighted by Crippen LogP contribution is 2.23. The maximum absolute atomic E-state index is 12.9. The van der Waals surface area contributed by atoms with Gasteiger partial charge in [-0.3, -0.25) is 13.9 Å². The Morgan fingerprint density at radius 2 is 1.86 bits per heavy atom. The van der Waals surface area contributed by atoms with Crippen LogP contribution in [-0.4, -0.2) is 33.3 Å². The van der Waals surface area contributed by atoms with Gasteiger partial charge in [0.25, 0.3) is 15.9 Å². The van der Waals surface area contributed by atoms with Crippen molar-refractivity contribution in [2.24, 2.45) is 5.73 Å². The number of rotatable bonds is 7. The van der Waals surface area contributed by atoms with Gasteiger partial charge in [-0.05, 0) is 37.3 Å². The van der Waals surface area contributed by atoms with Crippen molar-refractivity contribution >= 4 is 27.5 Å². The van der Waals surface area contributed by atoms with E-state index in [9.17, 15) is 18.0 Å². The van der Waals surface area contributed by atoms with Crippen LogP contribution in [0.5, 0.6) is 0 Å². The summed E-state index contributed by atoms with van der Waals surface area (Å²) in [6.45, 7) is 1.90. The normalized spacial score (nSPS) is 11.9. The zero-order valence-electron chi connectivity index (χ0n) is 15.5. The van der Waals surface area contributed by atoms with Gasteiger partial charge in [-0.15, -0.1) is 12.3 Å². The van der Waals surface area contributed by atoms with E-state index in [0.717, 1.165) is 9.87 Å². The number of benzene rings is 2. The molecule has 0 saturated heterocycles.